The second-order valence-corrected chi connectivity index (χ2v) is 7.38. The molecule has 0 aromatic heterocycles. The van der Waals surface area contributed by atoms with Crippen LogP contribution in [0.3, 0.4) is 0 Å². The summed E-state index contributed by atoms with van der Waals surface area (Å²) in [6.45, 7) is 4.49. The van der Waals surface area contributed by atoms with E-state index in [9.17, 15) is 9.65 Å². The monoisotopic (exact) mass is 323 g/mol. The van der Waals surface area contributed by atoms with Crippen LogP contribution in [0.2, 0.25) is 0 Å². The van der Waals surface area contributed by atoms with Crippen LogP contribution in [-0.2, 0) is 6.42 Å². The van der Waals surface area contributed by atoms with E-state index in [1.54, 1.807) is 12.1 Å². The largest absolute Gasteiger partial charge is 0.207 e. The maximum Gasteiger partial charge on any atom is 0.126 e. The lowest BCUT2D eigenvalue weighted by Gasteiger charge is -2.39. The van der Waals surface area contributed by atoms with Crippen molar-refractivity contribution < 1.29 is 4.39 Å². The average Bonchev–Trinajstić information content (AvgIpc) is 2.37. The van der Waals surface area contributed by atoms with Crippen molar-refractivity contribution in [2.45, 2.75) is 46.0 Å². The van der Waals surface area contributed by atoms with Gasteiger partial charge in [0.15, 0.2) is 0 Å². The van der Waals surface area contributed by atoms with Crippen LogP contribution in [0, 0.1) is 28.0 Å². The molecule has 0 radical (unpaired) electrons. The Kier molecular flexibility index (Phi) is 4.01. The second-order valence-electron chi connectivity index (χ2n) is 6.47. The summed E-state index contributed by atoms with van der Waals surface area (Å²) in [4.78, 5) is 0. The Morgan fingerprint density at radius 2 is 1.89 bits per heavy atom. The Labute approximate surface area is 123 Å². The number of halogens is 2. The molecule has 1 aliphatic rings. The molecule has 2 rings (SSSR count). The van der Waals surface area contributed by atoms with E-state index in [2.05, 4.69) is 35.8 Å². The van der Waals surface area contributed by atoms with Crippen LogP contribution >= 0.6 is 15.9 Å². The van der Waals surface area contributed by atoms with Gasteiger partial charge in [0, 0.05) is 4.47 Å². The highest BCUT2D eigenvalue weighted by Gasteiger charge is 2.39. The predicted octanol–water partition coefficient (Wildman–Crippen LogP) is 5.24. The van der Waals surface area contributed by atoms with Gasteiger partial charge in [0.1, 0.15) is 5.82 Å². The summed E-state index contributed by atoms with van der Waals surface area (Å²) >= 11 is 3.37. The quantitative estimate of drug-likeness (QED) is 0.730. The topological polar surface area (TPSA) is 23.8 Å². The molecule has 1 fully saturated rings. The van der Waals surface area contributed by atoms with Crippen LogP contribution in [0.5, 0.6) is 0 Å². The van der Waals surface area contributed by atoms with Crippen LogP contribution in [0.4, 0.5) is 4.39 Å². The van der Waals surface area contributed by atoms with E-state index in [0.717, 1.165) is 30.2 Å². The maximum atomic E-state index is 13.9. The summed E-state index contributed by atoms with van der Waals surface area (Å²) in [5, 5.41) is 9.55. The third kappa shape index (κ3) is 3.36. The molecule has 0 amide bonds. The Hall–Kier alpha value is -0.880. The molecule has 0 bridgehead atoms. The van der Waals surface area contributed by atoms with Crippen LogP contribution in [-0.4, -0.2) is 0 Å². The molecule has 0 unspecified atom stereocenters. The SMILES string of the molecule is CC1(C)CCC(C#N)(Cc2cc(Br)ccc2F)CC1. The van der Waals surface area contributed by atoms with Crippen LogP contribution in [0.1, 0.15) is 45.1 Å². The maximum absolute atomic E-state index is 13.9. The zero-order valence-electron chi connectivity index (χ0n) is 11.5. The van der Waals surface area contributed by atoms with E-state index >= 15 is 0 Å². The molecular formula is C16H19BrFN. The molecule has 1 aromatic rings. The summed E-state index contributed by atoms with van der Waals surface area (Å²) in [6.07, 6.45) is 4.32. The van der Waals surface area contributed by atoms with E-state index in [4.69, 9.17) is 0 Å². The zero-order valence-corrected chi connectivity index (χ0v) is 13.1. The highest BCUT2D eigenvalue weighted by Crippen LogP contribution is 2.46. The van der Waals surface area contributed by atoms with Gasteiger partial charge in [-0.3, -0.25) is 0 Å². The van der Waals surface area contributed by atoms with Gasteiger partial charge in [0.25, 0.3) is 0 Å². The molecule has 0 spiro atoms. The van der Waals surface area contributed by atoms with E-state index in [1.165, 1.54) is 6.07 Å². The Bertz CT molecular complexity index is 506. The van der Waals surface area contributed by atoms with Gasteiger partial charge in [-0.1, -0.05) is 29.8 Å². The minimum atomic E-state index is -0.392. The van der Waals surface area contributed by atoms with Gasteiger partial charge in [0.2, 0.25) is 0 Å². The zero-order chi connectivity index (χ0) is 14.1. The van der Waals surface area contributed by atoms with Crippen molar-refractivity contribution in [1.29, 1.82) is 5.26 Å². The predicted molar refractivity (Wildman–Crippen MR) is 78.1 cm³/mol. The van der Waals surface area contributed by atoms with Crippen molar-refractivity contribution in [2.24, 2.45) is 10.8 Å². The first-order valence-electron chi connectivity index (χ1n) is 6.71. The van der Waals surface area contributed by atoms with Gasteiger partial charge in [-0.15, -0.1) is 0 Å². The summed E-state index contributed by atoms with van der Waals surface area (Å²) in [5.74, 6) is -0.206. The first kappa shape index (κ1) is 14.5. The first-order chi connectivity index (χ1) is 8.86. The molecule has 19 heavy (non-hydrogen) atoms. The number of benzene rings is 1. The number of nitrogens with zero attached hydrogens (tertiary/aromatic N) is 1. The Balaban J connectivity index is 2.21. The molecule has 0 saturated heterocycles. The van der Waals surface area contributed by atoms with E-state index in [0.29, 0.717) is 17.4 Å². The highest BCUT2D eigenvalue weighted by molar-refractivity contribution is 9.10. The standard InChI is InChI=1S/C16H19BrFN/c1-15(2)5-7-16(11-19,8-6-15)10-12-9-13(17)3-4-14(12)18/h3-4,9H,5-8,10H2,1-2H3. The molecule has 1 saturated carbocycles. The summed E-state index contributed by atoms with van der Waals surface area (Å²) in [5.41, 5.74) is 0.573. The molecule has 3 heteroatoms. The third-order valence-electron chi connectivity index (χ3n) is 4.33. The van der Waals surface area contributed by atoms with Crippen LogP contribution < -0.4 is 0 Å². The third-order valence-corrected chi connectivity index (χ3v) is 4.83. The van der Waals surface area contributed by atoms with Gasteiger partial charge in [-0.2, -0.15) is 5.26 Å². The van der Waals surface area contributed by atoms with Crippen molar-refractivity contribution in [1.82, 2.24) is 0 Å². The lowest BCUT2D eigenvalue weighted by Crippen LogP contribution is -2.32. The molecular weight excluding hydrogens is 305 g/mol. The van der Waals surface area contributed by atoms with Crippen molar-refractivity contribution in [3.63, 3.8) is 0 Å². The smallest absolute Gasteiger partial charge is 0.126 e. The summed E-state index contributed by atoms with van der Waals surface area (Å²) in [7, 11) is 0. The molecule has 102 valence electrons. The Morgan fingerprint density at radius 1 is 1.26 bits per heavy atom. The highest BCUT2D eigenvalue weighted by atomic mass is 79.9. The van der Waals surface area contributed by atoms with E-state index < -0.39 is 5.41 Å². The first-order valence-corrected chi connectivity index (χ1v) is 7.50. The number of hydrogen-bond acceptors (Lipinski definition) is 1. The number of rotatable bonds is 2. The van der Waals surface area contributed by atoms with Gasteiger partial charge in [-0.25, -0.2) is 4.39 Å². The van der Waals surface area contributed by atoms with Crippen LogP contribution in [0.25, 0.3) is 0 Å². The van der Waals surface area contributed by atoms with Crippen molar-refractivity contribution in [3.8, 4) is 6.07 Å². The van der Waals surface area contributed by atoms with E-state index in [-0.39, 0.29) is 5.82 Å². The normalized spacial score (nSPS) is 20.8. The number of hydrogen-bond donors (Lipinski definition) is 0. The molecule has 0 N–H and O–H groups in total. The van der Waals surface area contributed by atoms with Gasteiger partial charge in [-0.05, 0) is 61.3 Å². The lowest BCUT2D eigenvalue weighted by molar-refractivity contribution is 0.145. The van der Waals surface area contributed by atoms with Crippen LogP contribution in [0.15, 0.2) is 22.7 Å². The molecule has 0 aliphatic heterocycles. The molecule has 0 atom stereocenters. The average molecular weight is 324 g/mol. The fraction of sp³-hybridized carbons (Fsp3) is 0.562. The summed E-state index contributed by atoms with van der Waals surface area (Å²) < 4.78 is 14.7. The fourth-order valence-electron chi connectivity index (χ4n) is 2.78. The minimum absolute atomic E-state index is 0.206. The van der Waals surface area contributed by atoms with Crippen molar-refractivity contribution in [2.75, 3.05) is 0 Å². The molecule has 1 nitrogen and oxygen atoms in total. The Morgan fingerprint density at radius 3 is 2.47 bits per heavy atom. The molecule has 0 heterocycles. The van der Waals surface area contributed by atoms with E-state index in [1.807, 2.05) is 0 Å². The summed E-state index contributed by atoms with van der Waals surface area (Å²) in [6, 6.07) is 7.43. The lowest BCUT2D eigenvalue weighted by atomic mass is 9.64. The van der Waals surface area contributed by atoms with Crippen molar-refractivity contribution in [3.05, 3.63) is 34.1 Å². The van der Waals surface area contributed by atoms with Gasteiger partial charge >= 0.3 is 0 Å². The van der Waals surface area contributed by atoms with Gasteiger partial charge in [0.05, 0.1) is 11.5 Å². The van der Waals surface area contributed by atoms with Gasteiger partial charge < -0.3 is 0 Å². The molecule has 1 aliphatic carbocycles. The minimum Gasteiger partial charge on any atom is -0.207 e. The molecule has 1 aromatic carbocycles. The second kappa shape index (κ2) is 5.25. The fourth-order valence-corrected chi connectivity index (χ4v) is 3.19. The van der Waals surface area contributed by atoms with Crippen molar-refractivity contribution >= 4 is 15.9 Å². The number of nitriles is 1.